The molecule has 6 nitrogen and oxygen atoms in total. The van der Waals surface area contributed by atoms with Crippen molar-refractivity contribution in [1.29, 1.82) is 0 Å². The number of nitrogens with one attached hydrogen (secondary N) is 2. The molecule has 0 unspecified atom stereocenters. The summed E-state index contributed by atoms with van der Waals surface area (Å²) in [6.07, 6.45) is 0.112. The highest BCUT2D eigenvalue weighted by Crippen LogP contribution is 2.07. The second-order valence-corrected chi connectivity index (χ2v) is 4.28. The summed E-state index contributed by atoms with van der Waals surface area (Å²) in [6.45, 7) is 0.0816. The van der Waals surface area contributed by atoms with Crippen molar-refractivity contribution in [3.05, 3.63) is 22.4 Å². The minimum Gasteiger partial charge on any atom is -0.469 e. The first kappa shape index (κ1) is 14.2. The number of esters is 1. The van der Waals surface area contributed by atoms with Crippen LogP contribution in [0, 0.1) is 0 Å². The number of amides is 2. The third kappa shape index (κ3) is 4.96. The van der Waals surface area contributed by atoms with E-state index in [0.29, 0.717) is 4.88 Å². The second-order valence-electron chi connectivity index (χ2n) is 3.34. The summed E-state index contributed by atoms with van der Waals surface area (Å²) >= 11 is 1.30. The quantitative estimate of drug-likeness (QED) is 0.721. The maximum atomic E-state index is 11.5. The maximum Gasteiger partial charge on any atom is 0.307 e. The summed E-state index contributed by atoms with van der Waals surface area (Å²) in [5.74, 6) is -1.02. The molecule has 0 aliphatic heterocycles. The SMILES string of the molecule is COC(=O)CCNC(=O)CNC(=O)c1cccs1. The molecule has 0 radical (unpaired) electrons. The summed E-state index contributed by atoms with van der Waals surface area (Å²) in [7, 11) is 1.28. The van der Waals surface area contributed by atoms with Crippen LogP contribution in [0.4, 0.5) is 0 Å². The highest BCUT2D eigenvalue weighted by molar-refractivity contribution is 7.12. The second kappa shape index (κ2) is 7.44. The van der Waals surface area contributed by atoms with E-state index in [2.05, 4.69) is 15.4 Å². The fourth-order valence-electron chi connectivity index (χ4n) is 1.12. The zero-order valence-electron chi connectivity index (χ0n) is 9.89. The van der Waals surface area contributed by atoms with Gasteiger partial charge < -0.3 is 15.4 Å². The number of ether oxygens (including phenoxy) is 1. The molecule has 1 heterocycles. The number of thiophene rings is 1. The Bertz CT molecular complexity index is 417. The van der Waals surface area contributed by atoms with Crippen molar-refractivity contribution in [3.8, 4) is 0 Å². The zero-order valence-corrected chi connectivity index (χ0v) is 10.7. The molecule has 0 fully saturated rings. The van der Waals surface area contributed by atoms with Crippen LogP contribution in [-0.4, -0.2) is 38.0 Å². The first-order valence-electron chi connectivity index (χ1n) is 5.28. The van der Waals surface area contributed by atoms with Crippen molar-refractivity contribution in [2.75, 3.05) is 20.2 Å². The van der Waals surface area contributed by atoms with E-state index in [-0.39, 0.29) is 31.3 Å². The lowest BCUT2D eigenvalue weighted by Crippen LogP contribution is -2.37. The Kier molecular flexibility index (Phi) is 5.86. The van der Waals surface area contributed by atoms with E-state index in [4.69, 9.17) is 0 Å². The van der Waals surface area contributed by atoms with E-state index in [1.807, 2.05) is 0 Å². The van der Waals surface area contributed by atoms with Gasteiger partial charge >= 0.3 is 5.97 Å². The Balaban J connectivity index is 2.17. The van der Waals surface area contributed by atoms with Crippen molar-refractivity contribution in [2.24, 2.45) is 0 Å². The van der Waals surface area contributed by atoms with Crippen molar-refractivity contribution >= 4 is 29.1 Å². The zero-order chi connectivity index (χ0) is 13.4. The molecule has 98 valence electrons. The molecule has 0 saturated heterocycles. The smallest absolute Gasteiger partial charge is 0.307 e. The van der Waals surface area contributed by atoms with Gasteiger partial charge in [0, 0.05) is 6.54 Å². The third-order valence-electron chi connectivity index (χ3n) is 2.03. The van der Waals surface area contributed by atoms with Crippen molar-refractivity contribution < 1.29 is 19.1 Å². The Labute approximate surface area is 108 Å². The lowest BCUT2D eigenvalue weighted by Gasteiger charge is -2.05. The Morgan fingerprint density at radius 2 is 2.11 bits per heavy atom. The average molecular weight is 270 g/mol. The van der Waals surface area contributed by atoms with Crippen LogP contribution >= 0.6 is 11.3 Å². The Morgan fingerprint density at radius 3 is 2.72 bits per heavy atom. The monoisotopic (exact) mass is 270 g/mol. The van der Waals surface area contributed by atoms with E-state index in [0.717, 1.165) is 0 Å². The number of hydrogen-bond acceptors (Lipinski definition) is 5. The minimum absolute atomic E-state index is 0.112. The molecule has 0 aliphatic rings. The van der Waals surface area contributed by atoms with Crippen LogP contribution in [0.1, 0.15) is 16.1 Å². The predicted molar refractivity (Wildman–Crippen MR) is 66.3 cm³/mol. The Morgan fingerprint density at radius 1 is 1.33 bits per heavy atom. The van der Waals surface area contributed by atoms with E-state index in [1.54, 1.807) is 17.5 Å². The Hall–Kier alpha value is -1.89. The minimum atomic E-state index is -0.391. The van der Waals surface area contributed by atoms with Gasteiger partial charge in [0.1, 0.15) is 0 Å². The van der Waals surface area contributed by atoms with Gasteiger partial charge in [-0.3, -0.25) is 14.4 Å². The summed E-state index contributed by atoms with van der Waals surface area (Å²) in [4.78, 5) is 34.1. The van der Waals surface area contributed by atoms with E-state index >= 15 is 0 Å². The molecule has 1 aromatic heterocycles. The first-order chi connectivity index (χ1) is 8.63. The van der Waals surface area contributed by atoms with Gasteiger partial charge in [0.15, 0.2) is 0 Å². The third-order valence-corrected chi connectivity index (χ3v) is 2.90. The molecule has 1 aromatic rings. The topological polar surface area (TPSA) is 84.5 Å². The van der Waals surface area contributed by atoms with Gasteiger partial charge in [0.05, 0.1) is 25.0 Å². The van der Waals surface area contributed by atoms with E-state index in [1.165, 1.54) is 18.4 Å². The number of rotatable bonds is 6. The van der Waals surface area contributed by atoms with Gasteiger partial charge in [0.25, 0.3) is 5.91 Å². The molecule has 1 rings (SSSR count). The van der Waals surface area contributed by atoms with Gasteiger partial charge in [-0.1, -0.05) is 6.07 Å². The fourth-order valence-corrected chi connectivity index (χ4v) is 1.76. The summed E-state index contributed by atoms with van der Waals surface area (Å²) in [5.41, 5.74) is 0. The van der Waals surface area contributed by atoms with Crippen LogP contribution < -0.4 is 10.6 Å². The molecular formula is C11H14N2O4S. The molecule has 0 spiro atoms. The van der Waals surface area contributed by atoms with Gasteiger partial charge in [0.2, 0.25) is 5.91 Å². The highest BCUT2D eigenvalue weighted by atomic mass is 32.1. The molecule has 0 atom stereocenters. The lowest BCUT2D eigenvalue weighted by atomic mass is 10.4. The molecular weight excluding hydrogens is 256 g/mol. The normalized spacial score (nSPS) is 9.61. The maximum absolute atomic E-state index is 11.5. The van der Waals surface area contributed by atoms with Crippen molar-refractivity contribution in [1.82, 2.24) is 10.6 Å². The lowest BCUT2D eigenvalue weighted by molar-refractivity contribution is -0.140. The van der Waals surface area contributed by atoms with Crippen LogP contribution in [0.15, 0.2) is 17.5 Å². The largest absolute Gasteiger partial charge is 0.469 e. The predicted octanol–water partition coefficient (Wildman–Crippen LogP) is 0.157. The van der Waals surface area contributed by atoms with Gasteiger partial charge in [-0.2, -0.15) is 0 Å². The van der Waals surface area contributed by atoms with Crippen molar-refractivity contribution in [3.63, 3.8) is 0 Å². The van der Waals surface area contributed by atoms with Gasteiger partial charge in [-0.25, -0.2) is 0 Å². The number of methoxy groups -OCH3 is 1. The first-order valence-corrected chi connectivity index (χ1v) is 6.16. The summed E-state index contributed by atoms with van der Waals surface area (Å²) in [6, 6.07) is 3.44. The molecule has 0 saturated carbocycles. The fraction of sp³-hybridized carbons (Fsp3) is 0.364. The average Bonchev–Trinajstić information content (AvgIpc) is 2.89. The summed E-state index contributed by atoms with van der Waals surface area (Å²) < 4.78 is 4.42. The molecule has 0 aliphatic carbocycles. The summed E-state index contributed by atoms with van der Waals surface area (Å²) in [5, 5.41) is 6.76. The number of carbonyl (C=O) groups excluding carboxylic acids is 3. The van der Waals surface area contributed by atoms with Crippen LogP contribution in [0.3, 0.4) is 0 Å². The number of carbonyl (C=O) groups is 3. The van der Waals surface area contributed by atoms with E-state index < -0.39 is 5.97 Å². The van der Waals surface area contributed by atoms with Crippen LogP contribution in [-0.2, 0) is 14.3 Å². The highest BCUT2D eigenvalue weighted by Gasteiger charge is 2.08. The molecule has 18 heavy (non-hydrogen) atoms. The number of hydrogen-bond donors (Lipinski definition) is 2. The van der Waals surface area contributed by atoms with Crippen LogP contribution in [0.25, 0.3) is 0 Å². The standard InChI is InChI=1S/C11H14N2O4S/c1-17-10(15)4-5-12-9(14)7-13-11(16)8-3-2-6-18-8/h2-3,6H,4-5,7H2,1H3,(H,12,14)(H,13,16). The van der Waals surface area contributed by atoms with Gasteiger partial charge in [-0.15, -0.1) is 11.3 Å². The van der Waals surface area contributed by atoms with Crippen LogP contribution in [0.2, 0.25) is 0 Å². The molecule has 2 amide bonds. The molecule has 0 bridgehead atoms. The van der Waals surface area contributed by atoms with Gasteiger partial charge in [-0.05, 0) is 11.4 Å². The molecule has 7 heteroatoms. The van der Waals surface area contributed by atoms with E-state index in [9.17, 15) is 14.4 Å². The molecule has 2 N–H and O–H groups in total. The van der Waals surface area contributed by atoms with Crippen LogP contribution in [0.5, 0.6) is 0 Å². The van der Waals surface area contributed by atoms with Crippen molar-refractivity contribution in [2.45, 2.75) is 6.42 Å². The molecule has 0 aromatic carbocycles.